The van der Waals surface area contributed by atoms with Crippen molar-refractivity contribution in [3.8, 4) is 0 Å². The van der Waals surface area contributed by atoms with Gasteiger partial charge in [0.2, 0.25) is 0 Å². The molecule has 104 valence electrons. The molecule has 1 aromatic heterocycles. The van der Waals surface area contributed by atoms with E-state index in [1.807, 2.05) is 10.9 Å². The second kappa shape index (κ2) is 5.64. The Bertz CT molecular complexity index is 620. The lowest BCUT2D eigenvalue weighted by Gasteiger charge is -2.07. The van der Waals surface area contributed by atoms with E-state index in [0.29, 0.717) is 22.9 Å². The van der Waals surface area contributed by atoms with Crippen LogP contribution in [0.5, 0.6) is 0 Å². The Kier molecular flexibility index (Phi) is 3.71. The molecular formula is C14H14ClN3O2. The first kappa shape index (κ1) is 13.1. The minimum atomic E-state index is -0.199. The molecule has 1 atom stereocenters. The zero-order valence-electron chi connectivity index (χ0n) is 10.8. The fourth-order valence-electron chi connectivity index (χ4n) is 2.17. The molecule has 5 nitrogen and oxygen atoms in total. The number of ether oxygens (including phenoxy) is 1. The molecule has 3 rings (SSSR count). The van der Waals surface area contributed by atoms with Crippen molar-refractivity contribution in [2.24, 2.45) is 0 Å². The molecule has 0 spiro atoms. The number of rotatable bonds is 3. The first-order chi connectivity index (χ1) is 9.72. The molecule has 1 saturated heterocycles. The number of carbonyl (C=O) groups excluding carboxylic acids is 1. The second-order valence-corrected chi connectivity index (χ2v) is 5.13. The number of hydrogen-bond acceptors (Lipinski definition) is 3. The fourth-order valence-corrected chi connectivity index (χ4v) is 2.36. The minimum absolute atomic E-state index is 0.199. The quantitative estimate of drug-likeness (QED) is 0.946. The molecular weight excluding hydrogens is 278 g/mol. The van der Waals surface area contributed by atoms with Crippen LogP contribution in [0.25, 0.3) is 0 Å². The van der Waals surface area contributed by atoms with Gasteiger partial charge >= 0.3 is 0 Å². The standard InChI is InChI=1S/C14H14ClN3O2/c15-11-3-1-2-10(6-11)14(19)17-12-7-16-18(8-12)13-4-5-20-9-13/h1-3,6-8,13H,4-5,9H2,(H,17,19). The lowest BCUT2D eigenvalue weighted by atomic mass is 10.2. The van der Waals surface area contributed by atoms with E-state index in [-0.39, 0.29) is 11.9 Å². The predicted molar refractivity (Wildman–Crippen MR) is 76.1 cm³/mol. The van der Waals surface area contributed by atoms with Gasteiger partial charge in [0.15, 0.2) is 0 Å². The zero-order valence-corrected chi connectivity index (χ0v) is 11.5. The molecule has 0 saturated carbocycles. The van der Waals surface area contributed by atoms with Crippen molar-refractivity contribution in [3.05, 3.63) is 47.2 Å². The number of halogens is 1. The van der Waals surface area contributed by atoms with Crippen molar-refractivity contribution in [2.45, 2.75) is 12.5 Å². The van der Waals surface area contributed by atoms with Gasteiger partial charge in [0.05, 0.1) is 24.5 Å². The largest absolute Gasteiger partial charge is 0.379 e. The van der Waals surface area contributed by atoms with E-state index in [2.05, 4.69) is 10.4 Å². The first-order valence-electron chi connectivity index (χ1n) is 6.41. The molecule has 1 unspecified atom stereocenters. The number of benzene rings is 1. The third-order valence-electron chi connectivity index (χ3n) is 3.23. The number of nitrogens with zero attached hydrogens (tertiary/aromatic N) is 2. The van der Waals surface area contributed by atoms with Gasteiger partial charge in [0.1, 0.15) is 0 Å². The highest BCUT2D eigenvalue weighted by atomic mass is 35.5. The van der Waals surface area contributed by atoms with Crippen molar-refractivity contribution in [2.75, 3.05) is 18.5 Å². The zero-order chi connectivity index (χ0) is 13.9. The van der Waals surface area contributed by atoms with Gasteiger partial charge in [-0.25, -0.2) is 0 Å². The second-order valence-electron chi connectivity index (χ2n) is 4.69. The SMILES string of the molecule is O=C(Nc1cnn(C2CCOC2)c1)c1cccc(Cl)c1. The summed E-state index contributed by atoms with van der Waals surface area (Å²) in [6.45, 7) is 1.43. The molecule has 6 heteroatoms. The van der Waals surface area contributed by atoms with Crippen LogP contribution in [0.15, 0.2) is 36.7 Å². The van der Waals surface area contributed by atoms with Gasteiger partial charge in [-0.2, -0.15) is 5.10 Å². The number of amides is 1. The highest BCUT2D eigenvalue weighted by Gasteiger charge is 2.18. The average molecular weight is 292 g/mol. The molecule has 0 radical (unpaired) electrons. The minimum Gasteiger partial charge on any atom is -0.379 e. The van der Waals surface area contributed by atoms with E-state index in [1.165, 1.54) is 0 Å². The van der Waals surface area contributed by atoms with Crippen molar-refractivity contribution < 1.29 is 9.53 Å². The summed E-state index contributed by atoms with van der Waals surface area (Å²) in [6.07, 6.45) is 4.41. The van der Waals surface area contributed by atoms with Crippen LogP contribution >= 0.6 is 11.6 Å². The van der Waals surface area contributed by atoms with Crippen LogP contribution in [0.1, 0.15) is 22.8 Å². The molecule has 2 aromatic rings. The Morgan fingerprint density at radius 3 is 3.15 bits per heavy atom. The number of nitrogens with one attached hydrogen (secondary N) is 1. The van der Waals surface area contributed by atoms with Crippen LogP contribution < -0.4 is 5.32 Å². The van der Waals surface area contributed by atoms with Gasteiger partial charge in [-0.05, 0) is 24.6 Å². The fraction of sp³-hybridized carbons (Fsp3) is 0.286. The molecule has 1 aliphatic rings. The maximum Gasteiger partial charge on any atom is 0.255 e. The van der Waals surface area contributed by atoms with Gasteiger partial charge < -0.3 is 10.1 Å². The number of carbonyl (C=O) groups is 1. The van der Waals surface area contributed by atoms with E-state index < -0.39 is 0 Å². The third kappa shape index (κ3) is 2.84. The lowest BCUT2D eigenvalue weighted by Crippen LogP contribution is -2.12. The Hall–Kier alpha value is -1.85. The molecule has 20 heavy (non-hydrogen) atoms. The molecule has 1 aromatic carbocycles. The van der Waals surface area contributed by atoms with E-state index in [0.717, 1.165) is 13.0 Å². The summed E-state index contributed by atoms with van der Waals surface area (Å²) in [4.78, 5) is 12.1. The highest BCUT2D eigenvalue weighted by molar-refractivity contribution is 6.31. The topological polar surface area (TPSA) is 56.2 Å². The van der Waals surface area contributed by atoms with Crippen LogP contribution in [0, 0.1) is 0 Å². The van der Waals surface area contributed by atoms with E-state index in [1.54, 1.807) is 30.5 Å². The first-order valence-corrected chi connectivity index (χ1v) is 6.79. The number of hydrogen-bond donors (Lipinski definition) is 1. The summed E-state index contributed by atoms with van der Waals surface area (Å²) in [6, 6.07) is 7.09. The molecule has 0 bridgehead atoms. The predicted octanol–water partition coefficient (Wildman–Crippen LogP) is 2.75. The Balaban J connectivity index is 1.70. The van der Waals surface area contributed by atoms with E-state index in [9.17, 15) is 4.79 Å². The molecule has 0 aliphatic carbocycles. The summed E-state index contributed by atoms with van der Waals surface area (Å²) >= 11 is 5.87. The average Bonchev–Trinajstić information content (AvgIpc) is 3.08. The summed E-state index contributed by atoms with van der Waals surface area (Å²) in [5.41, 5.74) is 1.19. The van der Waals surface area contributed by atoms with Gasteiger partial charge in [0, 0.05) is 23.4 Å². The lowest BCUT2D eigenvalue weighted by molar-refractivity contribution is 0.102. The Morgan fingerprint density at radius 1 is 1.50 bits per heavy atom. The van der Waals surface area contributed by atoms with Gasteiger partial charge in [-0.15, -0.1) is 0 Å². The smallest absolute Gasteiger partial charge is 0.255 e. The maximum absolute atomic E-state index is 12.1. The highest BCUT2D eigenvalue weighted by Crippen LogP contribution is 2.20. The van der Waals surface area contributed by atoms with Gasteiger partial charge in [0.25, 0.3) is 5.91 Å². The summed E-state index contributed by atoms with van der Waals surface area (Å²) in [5, 5.41) is 7.60. The molecule has 1 amide bonds. The Morgan fingerprint density at radius 2 is 2.40 bits per heavy atom. The van der Waals surface area contributed by atoms with Crippen molar-refractivity contribution in [1.29, 1.82) is 0 Å². The van der Waals surface area contributed by atoms with Crippen LogP contribution in [-0.2, 0) is 4.74 Å². The van der Waals surface area contributed by atoms with E-state index >= 15 is 0 Å². The van der Waals surface area contributed by atoms with Crippen molar-refractivity contribution in [3.63, 3.8) is 0 Å². The molecule has 1 N–H and O–H groups in total. The molecule has 1 fully saturated rings. The van der Waals surface area contributed by atoms with Crippen molar-refractivity contribution >= 4 is 23.2 Å². The normalized spacial score (nSPS) is 18.1. The third-order valence-corrected chi connectivity index (χ3v) is 3.46. The van der Waals surface area contributed by atoms with Gasteiger partial charge in [-0.1, -0.05) is 17.7 Å². The van der Waals surface area contributed by atoms with Crippen LogP contribution in [-0.4, -0.2) is 28.9 Å². The van der Waals surface area contributed by atoms with Crippen LogP contribution in [0.3, 0.4) is 0 Å². The van der Waals surface area contributed by atoms with Crippen molar-refractivity contribution in [1.82, 2.24) is 9.78 Å². The number of aromatic nitrogens is 2. The summed E-state index contributed by atoms with van der Waals surface area (Å²) < 4.78 is 7.16. The maximum atomic E-state index is 12.1. The summed E-state index contributed by atoms with van der Waals surface area (Å²) in [7, 11) is 0. The van der Waals surface area contributed by atoms with Crippen LogP contribution in [0.4, 0.5) is 5.69 Å². The molecule has 1 aliphatic heterocycles. The van der Waals surface area contributed by atoms with Crippen LogP contribution in [0.2, 0.25) is 5.02 Å². The molecule has 2 heterocycles. The Labute approximate surface area is 121 Å². The number of anilines is 1. The summed E-state index contributed by atoms with van der Waals surface area (Å²) in [5.74, 6) is -0.199. The van der Waals surface area contributed by atoms with E-state index in [4.69, 9.17) is 16.3 Å². The monoisotopic (exact) mass is 291 g/mol. The van der Waals surface area contributed by atoms with Gasteiger partial charge in [-0.3, -0.25) is 9.48 Å².